The van der Waals surface area contributed by atoms with Crippen LogP contribution in [-0.2, 0) is 5.54 Å². The van der Waals surface area contributed by atoms with E-state index in [4.69, 9.17) is 5.73 Å². The second kappa shape index (κ2) is 7.04. The first kappa shape index (κ1) is 17.5. The van der Waals surface area contributed by atoms with E-state index in [2.05, 4.69) is 22.2 Å². The summed E-state index contributed by atoms with van der Waals surface area (Å²) in [5.41, 5.74) is 8.81. The molecule has 136 valence electrons. The van der Waals surface area contributed by atoms with Crippen molar-refractivity contribution in [3.8, 4) is 0 Å². The van der Waals surface area contributed by atoms with Gasteiger partial charge in [-0.2, -0.15) is 0 Å². The predicted octanol–water partition coefficient (Wildman–Crippen LogP) is 4.15. The van der Waals surface area contributed by atoms with Gasteiger partial charge in [0, 0.05) is 16.7 Å². The number of pyridine rings is 1. The van der Waals surface area contributed by atoms with Gasteiger partial charge in [0.1, 0.15) is 0 Å². The highest BCUT2D eigenvalue weighted by Crippen LogP contribution is 2.35. The summed E-state index contributed by atoms with van der Waals surface area (Å²) < 4.78 is 0. The maximum Gasteiger partial charge on any atom is 0.255 e. The first-order valence-electron chi connectivity index (χ1n) is 8.78. The monoisotopic (exact) mass is 376 g/mol. The van der Waals surface area contributed by atoms with E-state index in [0.29, 0.717) is 16.4 Å². The Balaban J connectivity index is 1.53. The van der Waals surface area contributed by atoms with Gasteiger partial charge in [0.05, 0.1) is 22.9 Å². The Morgan fingerprint density at radius 3 is 2.74 bits per heavy atom. The number of hydrogen-bond donors (Lipinski definition) is 2. The number of nitrogens with two attached hydrogens (primary N) is 1. The van der Waals surface area contributed by atoms with Gasteiger partial charge in [-0.1, -0.05) is 42.1 Å². The molecule has 1 aliphatic rings. The lowest BCUT2D eigenvalue weighted by atomic mass is 9.89. The number of amidine groups is 1. The molecule has 0 fully saturated rings. The van der Waals surface area contributed by atoms with Crippen LogP contribution >= 0.6 is 11.8 Å². The maximum atomic E-state index is 12.6. The molecule has 0 spiro atoms. The van der Waals surface area contributed by atoms with E-state index in [1.165, 1.54) is 0 Å². The van der Waals surface area contributed by atoms with E-state index < -0.39 is 0 Å². The van der Waals surface area contributed by atoms with E-state index in [1.54, 1.807) is 18.0 Å². The summed E-state index contributed by atoms with van der Waals surface area (Å²) in [6.45, 7) is 2.08. The highest BCUT2D eigenvalue weighted by Gasteiger charge is 2.29. The van der Waals surface area contributed by atoms with E-state index in [1.807, 2.05) is 54.6 Å². The molecule has 5 nitrogen and oxygen atoms in total. The van der Waals surface area contributed by atoms with Crippen molar-refractivity contribution in [2.45, 2.75) is 18.9 Å². The minimum Gasteiger partial charge on any atom is -0.379 e. The van der Waals surface area contributed by atoms with Crippen molar-refractivity contribution >= 4 is 39.4 Å². The van der Waals surface area contributed by atoms with Crippen LogP contribution in [0, 0.1) is 0 Å². The number of carbonyl (C=O) groups is 1. The summed E-state index contributed by atoms with van der Waals surface area (Å²) in [5.74, 6) is 0.786. The Morgan fingerprint density at radius 1 is 1.19 bits per heavy atom. The Morgan fingerprint density at radius 2 is 1.96 bits per heavy atom. The van der Waals surface area contributed by atoms with Gasteiger partial charge in [-0.05, 0) is 43.2 Å². The van der Waals surface area contributed by atoms with Crippen LogP contribution in [0.15, 0.2) is 65.8 Å². The summed E-state index contributed by atoms with van der Waals surface area (Å²) in [4.78, 5) is 21.6. The summed E-state index contributed by atoms with van der Waals surface area (Å²) in [7, 11) is 0. The molecule has 2 aromatic carbocycles. The number of carbonyl (C=O) groups excluding carboxylic acids is 1. The topological polar surface area (TPSA) is 80.4 Å². The van der Waals surface area contributed by atoms with Crippen LogP contribution in [0.25, 0.3) is 10.9 Å². The fraction of sp³-hybridized carbons (Fsp3) is 0.190. The molecule has 0 aliphatic carbocycles. The van der Waals surface area contributed by atoms with Gasteiger partial charge in [-0.15, -0.1) is 0 Å². The fourth-order valence-electron chi connectivity index (χ4n) is 3.22. The lowest BCUT2D eigenvalue weighted by Crippen LogP contribution is -2.28. The number of nitrogens with one attached hydrogen (secondary N) is 1. The zero-order chi connectivity index (χ0) is 18.9. The molecule has 2 heterocycles. The number of aliphatic imine (C=N–C) groups is 1. The summed E-state index contributed by atoms with van der Waals surface area (Å²) in [6.07, 6.45) is 2.60. The maximum absolute atomic E-state index is 12.6. The third-order valence-electron chi connectivity index (χ3n) is 4.81. The summed E-state index contributed by atoms with van der Waals surface area (Å²) in [6, 6.07) is 17.3. The van der Waals surface area contributed by atoms with Gasteiger partial charge in [0.25, 0.3) is 5.91 Å². The number of fused-ring (bicyclic) bond motifs is 1. The molecule has 0 bridgehead atoms. The molecule has 3 N–H and O–H groups in total. The normalized spacial score (nSPS) is 19.5. The zero-order valence-electron chi connectivity index (χ0n) is 15.0. The van der Waals surface area contributed by atoms with Crippen LogP contribution < -0.4 is 11.1 Å². The molecule has 1 unspecified atom stereocenters. The predicted molar refractivity (Wildman–Crippen MR) is 112 cm³/mol. The van der Waals surface area contributed by atoms with Crippen molar-refractivity contribution in [2.24, 2.45) is 10.7 Å². The second-order valence-corrected chi connectivity index (χ2v) is 7.89. The molecular formula is C21H20N4OS. The molecule has 1 amide bonds. The lowest BCUT2D eigenvalue weighted by Gasteiger charge is -2.29. The summed E-state index contributed by atoms with van der Waals surface area (Å²) in [5, 5.41) is 4.52. The molecule has 1 aromatic heterocycles. The van der Waals surface area contributed by atoms with Crippen molar-refractivity contribution in [1.29, 1.82) is 0 Å². The average Bonchev–Trinajstić information content (AvgIpc) is 2.68. The standard InChI is InChI=1S/C21H20N4OS/c1-21(10-11-27-20(22)25-21)16-8-6-14(7-9-16)19(26)24-17-12-15-4-2-3-5-18(15)23-13-17/h2-9,12-13H,10-11H2,1H3,(H2,22,25)(H,24,26). The number of hydrogen-bond acceptors (Lipinski definition) is 5. The smallest absolute Gasteiger partial charge is 0.255 e. The third kappa shape index (κ3) is 3.66. The van der Waals surface area contributed by atoms with Crippen LogP contribution in [0.4, 0.5) is 5.69 Å². The van der Waals surface area contributed by atoms with E-state index >= 15 is 0 Å². The molecule has 0 saturated heterocycles. The Kier molecular flexibility index (Phi) is 4.58. The molecule has 0 saturated carbocycles. The minimum absolute atomic E-state index is 0.161. The first-order chi connectivity index (χ1) is 13.0. The van der Waals surface area contributed by atoms with Crippen LogP contribution in [0.5, 0.6) is 0 Å². The molecule has 3 aromatic rings. The molecule has 27 heavy (non-hydrogen) atoms. The SMILES string of the molecule is CC1(c2ccc(C(=O)Nc3cnc4ccccc4c3)cc2)CCSC(N)=N1. The van der Waals surface area contributed by atoms with Crippen molar-refractivity contribution < 1.29 is 4.79 Å². The molecule has 1 aliphatic heterocycles. The number of aromatic nitrogens is 1. The molecule has 1 atom stereocenters. The average molecular weight is 376 g/mol. The number of thioether (sulfide) groups is 1. The molecule has 6 heteroatoms. The fourth-order valence-corrected chi connectivity index (χ4v) is 4.19. The zero-order valence-corrected chi connectivity index (χ0v) is 15.8. The lowest BCUT2D eigenvalue weighted by molar-refractivity contribution is 0.102. The van der Waals surface area contributed by atoms with Crippen molar-refractivity contribution in [3.05, 3.63) is 71.9 Å². The molecule has 4 rings (SSSR count). The Bertz CT molecular complexity index is 1030. The number of nitrogens with zero attached hydrogens (tertiary/aromatic N) is 2. The van der Waals surface area contributed by atoms with Gasteiger partial charge in [0.2, 0.25) is 0 Å². The molecular weight excluding hydrogens is 356 g/mol. The van der Waals surface area contributed by atoms with Crippen LogP contribution in [0.3, 0.4) is 0 Å². The van der Waals surface area contributed by atoms with Crippen LogP contribution in [0.1, 0.15) is 29.3 Å². The largest absolute Gasteiger partial charge is 0.379 e. The number of anilines is 1. The Labute approximate surface area is 162 Å². The van der Waals surface area contributed by atoms with Crippen LogP contribution in [-0.4, -0.2) is 21.8 Å². The van der Waals surface area contributed by atoms with Gasteiger partial charge in [0.15, 0.2) is 5.17 Å². The van der Waals surface area contributed by atoms with Crippen molar-refractivity contribution in [1.82, 2.24) is 4.98 Å². The van der Waals surface area contributed by atoms with E-state index in [0.717, 1.165) is 28.6 Å². The van der Waals surface area contributed by atoms with E-state index in [9.17, 15) is 4.79 Å². The van der Waals surface area contributed by atoms with Gasteiger partial charge >= 0.3 is 0 Å². The number of rotatable bonds is 3. The first-order valence-corrected chi connectivity index (χ1v) is 9.77. The van der Waals surface area contributed by atoms with Crippen molar-refractivity contribution in [3.63, 3.8) is 0 Å². The summed E-state index contributed by atoms with van der Waals surface area (Å²) >= 11 is 1.58. The van der Waals surface area contributed by atoms with E-state index in [-0.39, 0.29) is 11.4 Å². The van der Waals surface area contributed by atoms with Crippen LogP contribution in [0.2, 0.25) is 0 Å². The highest BCUT2D eigenvalue weighted by molar-refractivity contribution is 8.13. The molecule has 0 radical (unpaired) electrons. The minimum atomic E-state index is -0.327. The van der Waals surface area contributed by atoms with Gasteiger partial charge in [-0.25, -0.2) is 0 Å². The van der Waals surface area contributed by atoms with Gasteiger partial charge in [-0.3, -0.25) is 14.8 Å². The highest BCUT2D eigenvalue weighted by atomic mass is 32.2. The Hall–Kier alpha value is -2.86. The van der Waals surface area contributed by atoms with Crippen molar-refractivity contribution in [2.75, 3.05) is 11.1 Å². The number of amides is 1. The quantitative estimate of drug-likeness (QED) is 0.719. The number of para-hydroxylation sites is 1. The number of benzene rings is 2. The van der Waals surface area contributed by atoms with Gasteiger partial charge < -0.3 is 11.1 Å². The second-order valence-electron chi connectivity index (χ2n) is 6.77. The third-order valence-corrected chi connectivity index (χ3v) is 5.61.